The number of nitrogens with one attached hydrogen (secondary N) is 1. The lowest BCUT2D eigenvalue weighted by Crippen LogP contribution is -2.29. The first-order chi connectivity index (χ1) is 11.0. The van der Waals surface area contributed by atoms with E-state index >= 15 is 0 Å². The van der Waals surface area contributed by atoms with E-state index in [0.717, 1.165) is 15.8 Å². The molecule has 0 unspecified atom stereocenters. The Hall–Kier alpha value is -2.74. The van der Waals surface area contributed by atoms with Gasteiger partial charge in [-0.25, -0.2) is 4.79 Å². The molecule has 3 aromatic rings. The van der Waals surface area contributed by atoms with Crippen molar-refractivity contribution in [1.29, 1.82) is 0 Å². The molecule has 1 N–H and O–H groups in total. The second kappa shape index (κ2) is 6.17. The fourth-order valence-electron chi connectivity index (χ4n) is 2.06. The SMILES string of the molecule is Cc1ccc(NC(=O)Cn2nnn(-c3cccs3)c2=O)cc1C. The first-order valence-corrected chi connectivity index (χ1v) is 7.86. The quantitative estimate of drug-likeness (QED) is 0.790. The minimum Gasteiger partial charge on any atom is -0.324 e. The Morgan fingerprint density at radius 3 is 2.74 bits per heavy atom. The van der Waals surface area contributed by atoms with Gasteiger partial charge in [-0.3, -0.25) is 4.79 Å². The summed E-state index contributed by atoms with van der Waals surface area (Å²) in [7, 11) is 0. The van der Waals surface area contributed by atoms with Gasteiger partial charge in [0.25, 0.3) is 0 Å². The van der Waals surface area contributed by atoms with Gasteiger partial charge in [0, 0.05) is 5.69 Å². The lowest BCUT2D eigenvalue weighted by Gasteiger charge is -2.07. The number of rotatable bonds is 4. The van der Waals surface area contributed by atoms with Crippen molar-refractivity contribution in [2.45, 2.75) is 20.4 Å². The lowest BCUT2D eigenvalue weighted by atomic mass is 10.1. The van der Waals surface area contributed by atoms with Crippen LogP contribution in [0.3, 0.4) is 0 Å². The highest BCUT2D eigenvalue weighted by molar-refractivity contribution is 7.12. The van der Waals surface area contributed by atoms with Crippen LogP contribution in [0.5, 0.6) is 0 Å². The topological polar surface area (TPSA) is 81.8 Å². The van der Waals surface area contributed by atoms with Crippen molar-refractivity contribution in [2.75, 3.05) is 5.32 Å². The number of amides is 1. The van der Waals surface area contributed by atoms with Gasteiger partial charge < -0.3 is 5.32 Å². The van der Waals surface area contributed by atoms with Crippen molar-refractivity contribution in [1.82, 2.24) is 19.8 Å². The molecular weight excluding hydrogens is 314 g/mol. The average molecular weight is 329 g/mol. The van der Waals surface area contributed by atoms with Gasteiger partial charge in [-0.05, 0) is 65.0 Å². The number of hydrogen-bond acceptors (Lipinski definition) is 5. The second-order valence-corrected chi connectivity index (χ2v) is 6.06. The molecule has 0 aliphatic rings. The summed E-state index contributed by atoms with van der Waals surface area (Å²) in [6, 6.07) is 9.23. The average Bonchev–Trinajstić information content (AvgIpc) is 3.14. The van der Waals surface area contributed by atoms with Crippen LogP contribution in [0.25, 0.3) is 5.00 Å². The predicted octanol–water partition coefficient (Wildman–Crippen LogP) is 1.75. The normalized spacial score (nSPS) is 10.7. The van der Waals surface area contributed by atoms with Gasteiger partial charge >= 0.3 is 5.69 Å². The Morgan fingerprint density at radius 1 is 1.22 bits per heavy atom. The van der Waals surface area contributed by atoms with E-state index < -0.39 is 5.69 Å². The number of aromatic nitrogens is 4. The molecule has 8 heteroatoms. The zero-order chi connectivity index (χ0) is 16.4. The highest BCUT2D eigenvalue weighted by Crippen LogP contribution is 2.14. The fraction of sp³-hybridized carbons (Fsp3) is 0.200. The molecule has 3 rings (SSSR count). The van der Waals surface area contributed by atoms with E-state index in [2.05, 4.69) is 15.7 Å². The monoisotopic (exact) mass is 329 g/mol. The number of nitrogens with zero attached hydrogens (tertiary/aromatic N) is 4. The summed E-state index contributed by atoms with van der Waals surface area (Å²) in [5, 5.41) is 12.8. The molecule has 0 aliphatic carbocycles. The standard InChI is InChI=1S/C15H15N5O2S/c1-10-5-6-12(8-11(10)2)16-13(21)9-19-15(22)20(18-17-19)14-4-3-7-23-14/h3-8H,9H2,1-2H3,(H,16,21). The van der Waals surface area contributed by atoms with E-state index in [4.69, 9.17) is 0 Å². The number of carbonyl (C=O) groups excluding carboxylic acids is 1. The van der Waals surface area contributed by atoms with Gasteiger partial charge in [-0.1, -0.05) is 6.07 Å². The van der Waals surface area contributed by atoms with Gasteiger partial charge in [0.1, 0.15) is 11.5 Å². The zero-order valence-electron chi connectivity index (χ0n) is 12.7. The van der Waals surface area contributed by atoms with Crippen LogP contribution in [0.1, 0.15) is 11.1 Å². The molecule has 0 saturated heterocycles. The smallest absolute Gasteiger partial charge is 0.324 e. The number of carbonyl (C=O) groups is 1. The number of benzene rings is 1. The Labute approximate surface area is 136 Å². The molecule has 118 valence electrons. The third-order valence-corrected chi connectivity index (χ3v) is 4.28. The summed E-state index contributed by atoms with van der Waals surface area (Å²) in [4.78, 5) is 24.3. The summed E-state index contributed by atoms with van der Waals surface area (Å²) in [6.45, 7) is 3.79. The molecular formula is C15H15N5O2S. The molecule has 2 aromatic heterocycles. The van der Waals surface area contributed by atoms with E-state index in [-0.39, 0.29) is 12.5 Å². The number of tetrazole rings is 1. The summed E-state index contributed by atoms with van der Waals surface area (Å²) in [5.74, 6) is -0.325. The maximum atomic E-state index is 12.2. The van der Waals surface area contributed by atoms with Gasteiger partial charge in [-0.2, -0.15) is 9.36 Å². The van der Waals surface area contributed by atoms with Gasteiger partial charge in [-0.15, -0.1) is 11.3 Å². The van der Waals surface area contributed by atoms with Crippen LogP contribution in [-0.4, -0.2) is 25.7 Å². The first kappa shape index (κ1) is 15.2. The van der Waals surface area contributed by atoms with E-state index in [1.807, 2.05) is 43.5 Å². The van der Waals surface area contributed by atoms with Crippen molar-refractivity contribution in [3.05, 3.63) is 57.3 Å². The summed E-state index contributed by atoms with van der Waals surface area (Å²) < 4.78 is 2.21. The molecule has 7 nitrogen and oxygen atoms in total. The highest BCUT2D eigenvalue weighted by atomic mass is 32.1. The zero-order valence-corrected chi connectivity index (χ0v) is 13.5. The summed E-state index contributed by atoms with van der Waals surface area (Å²) in [5.41, 5.74) is 2.49. The number of anilines is 1. The number of hydrogen-bond donors (Lipinski definition) is 1. The van der Waals surface area contributed by atoms with Gasteiger partial charge in [0.2, 0.25) is 5.91 Å². The minimum atomic E-state index is -0.442. The molecule has 0 fully saturated rings. The second-order valence-electron chi connectivity index (χ2n) is 5.13. The molecule has 2 heterocycles. The van der Waals surface area contributed by atoms with E-state index in [9.17, 15) is 9.59 Å². The van der Waals surface area contributed by atoms with Crippen molar-refractivity contribution in [3.63, 3.8) is 0 Å². The Morgan fingerprint density at radius 2 is 2.04 bits per heavy atom. The summed E-state index contributed by atoms with van der Waals surface area (Å²) >= 11 is 1.37. The fourth-order valence-corrected chi connectivity index (χ4v) is 2.73. The number of aryl methyl sites for hydroxylation is 2. The molecule has 0 aliphatic heterocycles. The Bertz CT molecular complexity index is 895. The van der Waals surface area contributed by atoms with Crippen LogP contribution in [0, 0.1) is 13.8 Å². The molecule has 0 saturated carbocycles. The van der Waals surface area contributed by atoms with Crippen LogP contribution in [0.2, 0.25) is 0 Å². The van der Waals surface area contributed by atoms with Crippen LogP contribution in [0.15, 0.2) is 40.5 Å². The van der Waals surface area contributed by atoms with Gasteiger partial charge in [0.15, 0.2) is 0 Å². The largest absolute Gasteiger partial charge is 0.369 e. The van der Waals surface area contributed by atoms with Crippen molar-refractivity contribution in [3.8, 4) is 5.00 Å². The highest BCUT2D eigenvalue weighted by Gasteiger charge is 2.13. The number of thiophene rings is 1. The van der Waals surface area contributed by atoms with Gasteiger partial charge in [0.05, 0.1) is 0 Å². The van der Waals surface area contributed by atoms with Crippen LogP contribution < -0.4 is 11.0 Å². The van der Waals surface area contributed by atoms with Crippen LogP contribution in [-0.2, 0) is 11.3 Å². The third-order valence-electron chi connectivity index (χ3n) is 3.44. The molecule has 1 aromatic carbocycles. The van der Waals surface area contributed by atoms with E-state index in [1.54, 1.807) is 6.07 Å². The summed E-state index contributed by atoms with van der Waals surface area (Å²) in [6.07, 6.45) is 0. The van der Waals surface area contributed by atoms with Crippen molar-refractivity contribution in [2.24, 2.45) is 0 Å². The molecule has 0 radical (unpaired) electrons. The molecule has 0 bridgehead atoms. The molecule has 0 spiro atoms. The van der Waals surface area contributed by atoms with E-state index in [0.29, 0.717) is 10.7 Å². The molecule has 1 amide bonds. The third kappa shape index (κ3) is 3.21. The van der Waals surface area contributed by atoms with Crippen molar-refractivity contribution < 1.29 is 4.79 Å². The minimum absolute atomic E-state index is 0.183. The van der Waals surface area contributed by atoms with Crippen molar-refractivity contribution >= 4 is 22.9 Å². The molecule has 0 atom stereocenters. The van der Waals surface area contributed by atoms with E-state index in [1.165, 1.54) is 16.0 Å². The first-order valence-electron chi connectivity index (χ1n) is 6.98. The maximum absolute atomic E-state index is 12.2. The molecule has 23 heavy (non-hydrogen) atoms. The Balaban J connectivity index is 1.73. The van der Waals surface area contributed by atoms with Crippen LogP contribution in [0.4, 0.5) is 5.69 Å². The predicted molar refractivity (Wildman–Crippen MR) is 88.0 cm³/mol. The lowest BCUT2D eigenvalue weighted by molar-refractivity contribution is -0.117. The maximum Gasteiger partial charge on any atom is 0.369 e. The Kier molecular flexibility index (Phi) is 4.07. The van der Waals surface area contributed by atoms with Crippen LogP contribution >= 0.6 is 11.3 Å².